The maximum absolute atomic E-state index is 12.7. The van der Waals surface area contributed by atoms with Gasteiger partial charge in [0.15, 0.2) is 0 Å². The predicted molar refractivity (Wildman–Crippen MR) is 95.3 cm³/mol. The van der Waals surface area contributed by atoms with Gasteiger partial charge in [0.1, 0.15) is 5.56 Å². The predicted octanol–water partition coefficient (Wildman–Crippen LogP) is 3.08. The lowest BCUT2D eigenvalue weighted by molar-refractivity contribution is 0.0680. The Hall–Kier alpha value is -2.36. The highest BCUT2D eigenvalue weighted by atomic mass is 16.2. The van der Waals surface area contributed by atoms with Gasteiger partial charge in [0.2, 0.25) is 0 Å². The van der Waals surface area contributed by atoms with Crippen molar-refractivity contribution in [1.82, 2.24) is 9.47 Å². The molecule has 1 aliphatic heterocycles. The van der Waals surface area contributed by atoms with E-state index in [1.165, 1.54) is 0 Å². The number of nitrogens with zero attached hydrogens (tertiary/aromatic N) is 2. The van der Waals surface area contributed by atoms with Crippen LogP contribution >= 0.6 is 0 Å². The number of benzene rings is 1. The molecule has 3 rings (SSSR count). The molecule has 1 aromatic heterocycles. The number of carbonyl (C=O) groups is 1. The highest BCUT2D eigenvalue weighted by Crippen LogP contribution is 2.17. The summed E-state index contributed by atoms with van der Waals surface area (Å²) in [6.45, 7) is 6.16. The van der Waals surface area contributed by atoms with Crippen LogP contribution in [0.25, 0.3) is 0 Å². The van der Waals surface area contributed by atoms with Crippen LogP contribution in [0.15, 0.2) is 47.4 Å². The van der Waals surface area contributed by atoms with Gasteiger partial charge in [-0.3, -0.25) is 9.59 Å². The van der Waals surface area contributed by atoms with Crippen molar-refractivity contribution in [2.45, 2.75) is 33.2 Å². The first-order valence-corrected chi connectivity index (χ1v) is 8.59. The second kappa shape index (κ2) is 7.04. The molecule has 1 amide bonds. The monoisotopic (exact) mass is 324 g/mol. The fourth-order valence-electron chi connectivity index (χ4n) is 3.38. The minimum Gasteiger partial charge on any atom is -0.338 e. The SMILES string of the molecule is Cc1cccc(Cn2cccc(C(=O)N3CCC[C@H](C)C3)c2=O)c1. The van der Waals surface area contributed by atoms with Crippen molar-refractivity contribution in [3.63, 3.8) is 0 Å². The van der Waals surface area contributed by atoms with E-state index in [0.717, 1.165) is 37.1 Å². The number of hydrogen-bond donors (Lipinski definition) is 0. The van der Waals surface area contributed by atoms with E-state index >= 15 is 0 Å². The Labute approximate surface area is 142 Å². The highest BCUT2D eigenvalue weighted by molar-refractivity contribution is 5.93. The van der Waals surface area contributed by atoms with Crippen molar-refractivity contribution in [2.24, 2.45) is 5.92 Å². The molecular formula is C20H24N2O2. The molecule has 4 heteroatoms. The van der Waals surface area contributed by atoms with Crippen LogP contribution in [-0.4, -0.2) is 28.5 Å². The number of piperidine rings is 1. The van der Waals surface area contributed by atoms with E-state index in [1.54, 1.807) is 22.9 Å². The van der Waals surface area contributed by atoms with Crippen LogP contribution in [0.1, 0.15) is 41.3 Å². The van der Waals surface area contributed by atoms with Crippen LogP contribution in [0.2, 0.25) is 0 Å². The summed E-state index contributed by atoms with van der Waals surface area (Å²) in [7, 11) is 0. The zero-order chi connectivity index (χ0) is 17.1. The van der Waals surface area contributed by atoms with Crippen molar-refractivity contribution in [3.05, 3.63) is 69.6 Å². The average Bonchev–Trinajstić information content (AvgIpc) is 2.56. The summed E-state index contributed by atoms with van der Waals surface area (Å²) in [6.07, 6.45) is 3.91. The molecule has 0 aliphatic carbocycles. The van der Waals surface area contributed by atoms with Crippen LogP contribution in [-0.2, 0) is 6.54 Å². The topological polar surface area (TPSA) is 42.3 Å². The van der Waals surface area contributed by atoms with Gasteiger partial charge in [-0.2, -0.15) is 0 Å². The molecule has 2 heterocycles. The molecular weight excluding hydrogens is 300 g/mol. The normalized spacial score (nSPS) is 17.8. The van der Waals surface area contributed by atoms with Gasteiger partial charge in [-0.25, -0.2) is 0 Å². The number of aryl methyl sites for hydroxylation is 1. The van der Waals surface area contributed by atoms with E-state index in [0.29, 0.717) is 12.5 Å². The largest absolute Gasteiger partial charge is 0.338 e. The zero-order valence-corrected chi connectivity index (χ0v) is 14.4. The number of amides is 1. The summed E-state index contributed by atoms with van der Waals surface area (Å²) in [6, 6.07) is 11.5. The Morgan fingerprint density at radius 1 is 1.25 bits per heavy atom. The van der Waals surface area contributed by atoms with Crippen LogP contribution in [0.3, 0.4) is 0 Å². The van der Waals surface area contributed by atoms with Crippen LogP contribution in [0.5, 0.6) is 0 Å². The van der Waals surface area contributed by atoms with E-state index < -0.39 is 0 Å². The first kappa shape index (κ1) is 16.5. The second-order valence-corrected chi connectivity index (χ2v) is 6.84. The lowest BCUT2D eigenvalue weighted by Crippen LogP contribution is -2.42. The molecule has 1 aromatic carbocycles. The number of pyridine rings is 1. The summed E-state index contributed by atoms with van der Waals surface area (Å²) in [4.78, 5) is 27.3. The van der Waals surface area contributed by atoms with Gasteiger partial charge in [-0.1, -0.05) is 36.8 Å². The van der Waals surface area contributed by atoms with Gasteiger partial charge in [0.25, 0.3) is 11.5 Å². The Balaban J connectivity index is 1.85. The molecule has 24 heavy (non-hydrogen) atoms. The van der Waals surface area contributed by atoms with Crippen LogP contribution < -0.4 is 5.56 Å². The second-order valence-electron chi connectivity index (χ2n) is 6.84. The quantitative estimate of drug-likeness (QED) is 0.871. The average molecular weight is 324 g/mol. The molecule has 1 fully saturated rings. The molecule has 1 saturated heterocycles. The first-order valence-electron chi connectivity index (χ1n) is 8.59. The van der Waals surface area contributed by atoms with Crippen molar-refractivity contribution in [3.8, 4) is 0 Å². The van der Waals surface area contributed by atoms with Gasteiger partial charge < -0.3 is 9.47 Å². The van der Waals surface area contributed by atoms with Gasteiger partial charge in [-0.15, -0.1) is 0 Å². The maximum Gasteiger partial charge on any atom is 0.263 e. The third kappa shape index (κ3) is 3.58. The minimum absolute atomic E-state index is 0.134. The molecule has 126 valence electrons. The van der Waals surface area contributed by atoms with E-state index in [9.17, 15) is 9.59 Å². The summed E-state index contributed by atoms with van der Waals surface area (Å²) in [5.74, 6) is 0.367. The van der Waals surface area contributed by atoms with Gasteiger partial charge in [-0.05, 0) is 43.4 Å². The number of rotatable bonds is 3. The lowest BCUT2D eigenvalue weighted by Gasteiger charge is -2.30. The number of hydrogen-bond acceptors (Lipinski definition) is 2. The number of aromatic nitrogens is 1. The standard InChI is InChI=1S/C20H24N2O2/c1-15-6-3-8-17(12-15)14-22-11-5-9-18(20(22)24)19(23)21-10-4-7-16(2)13-21/h3,5-6,8-9,11-12,16H,4,7,10,13-14H2,1-2H3/t16-/m0/s1. The van der Waals surface area contributed by atoms with Gasteiger partial charge in [0.05, 0.1) is 6.54 Å². The number of carbonyl (C=O) groups excluding carboxylic acids is 1. The zero-order valence-electron chi connectivity index (χ0n) is 14.4. The molecule has 1 atom stereocenters. The minimum atomic E-state index is -0.206. The van der Waals surface area contributed by atoms with Crippen LogP contribution in [0.4, 0.5) is 0 Å². The summed E-state index contributed by atoms with van der Waals surface area (Å²) < 4.78 is 1.62. The number of likely N-dealkylation sites (tertiary alicyclic amines) is 1. The van der Waals surface area contributed by atoms with E-state index in [1.807, 2.05) is 30.0 Å². The fourth-order valence-corrected chi connectivity index (χ4v) is 3.38. The fraction of sp³-hybridized carbons (Fsp3) is 0.400. The van der Waals surface area contributed by atoms with Gasteiger partial charge >= 0.3 is 0 Å². The van der Waals surface area contributed by atoms with E-state index in [-0.39, 0.29) is 17.0 Å². The molecule has 0 N–H and O–H groups in total. The highest BCUT2D eigenvalue weighted by Gasteiger charge is 2.24. The molecule has 0 saturated carbocycles. The Bertz CT molecular complexity index is 794. The Kier molecular flexibility index (Phi) is 4.84. The summed E-state index contributed by atoms with van der Waals surface area (Å²) >= 11 is 0. The third-order valence-electron chi connectivity index (χ3n) is 4.63. The van der Waals surface area contributed by atoms with Gasteiger partial charge in [0, 0.05) is 19.3 Å². The Morgan fingerprint density at radius 2 is 2.08 bits per heavy atom. The Morgan fingerprint density at radius 3 is 2.83 bits per heavy atom. The molecule has 0 unspecified atom stereocenters. The molecule has 1 aliphatic rings. The molecule has 0 radical (unpaired) electrons. The molecule has 0 bridgehead atoms. The van der Waals surface area contributed by atoms with E-state index in [4.69, 9.17) is 0 Å². The molecule has 0 spiro atoms. The van der Waals surface area contributed by atoms with E-state index in [2.05, 4.69) is 13.0 Å². The summed E-state index contributed by atoms with van der Waals surface area (Å²) in [5.41, 5.74) is 2.30. The van der Waals surface area contributed by atoms with Crippen LogP contribution in [0, 0.1) is 12.8 Å². The molecule has 2 aromatic rings. The first-order chi connectivity index (χ1) is 11.5. The lowest BCUT2D eigenvalue weighted by atomic mass is 10.00. The van der Waals surface area contributed by atoms with Crippen molar-refractivity contribution < 1.29 is 4.79 Å². The maximum atomic E-state index is 12.7. The third-order valence-corrected chi connectivity index (χ3v) is 4.63. The summed E-state index contributed by atoms with van der Waals surface area (Å²) in [5, 5.41) is 0. The van der Waals surface area contributed by atoms with Crippen molar-refractivity contribution in [2.75, 3.05) is 13.1 Å². The van der Waals surface area contributed by atoms with Crippen molar-refractivity contribution in [1.29, 1.82) is 0 Å². The smallest absolute Gasteiger partial charge is 0.263 e. The molecule has 4 nitrogen and oxygen atoms in total. The van der Waals surface area contributed by atoms with Crippen molar-refractivity contribution >= 4 is 5.91 Å².